The maximum absolute atomic E-state index is 13.0. The molecule has 0 saturated carbocycles. The van der Waals surface area contributed by atoms with Crippen molar-refractivity contribution in [2.75, 3.05) is 13.2 Å². The van der Waals surface area contributed by atoms with Gasteiger partial charge in [-0.15, -0.1) is 0 Å². The van der Waals surface area contributed by atoms with E-state index in [0.717, 1.165) is 16.7 Å². The second kappa shape index (κ2) is 9.79. The van der Waals surface area contributed by atoms with E-state index in [0.29, 0.717) is 37.4 Å². The summed E-state index contributed by atoms with van der Waals surface area (Å²) in [6.07, 6.45) is 0.532. The average Bonchev–Trinajstić information content (AvgIpc) is 3.18. The molecule has 6 radical (unpaired) electrons. The highest BCUT2D eigenvalue weighted by molar-refractivity contribution is 6.40. The number of fused-ring (bicyclic) bond motifs is 1. The number of hydrogen-bond donors (Lipinski definition) is 1. The minimum absolute atomic E-state index is 0.158. The lowest BCUT2D eigenvalue weighted by Crippen LogP contribution is -2.60. The number of benzene rings is 2. The smallest absolute Gasteiger partial charge is 0.255 e. The van der Waals surface area contributed by atoms with E-state index in [1.54, 1.807) is 12.1 Å². The number of carbonyl (C=O) groups is 3. The van der Waals surface area contributed by atoms with E-state index in [1.165, 1.54) is 4.90 Å². The molecule has 2 saturated heterocycles. The highest BCUT2D eigenvalue weighted by Crippen LogP contribution is 2.34. The second-order valence-electron chi connectivity index (χ2n) is 9.51. The van der Waals surface area contributed by atoms with Crippen LogP contribution < -0.4 is 10.1 Å². The summed E-state index contributed by atoms with van der Waals surface area (Å²) in [5.41, 5.74) is 3.24. The lowest BCUT2D eigenvalue weighted by atomic mass is 9.60. The zero-order valence-electron chi connectivity index (χ0n) is 19.8. The predicted molar refractivity (Wildman–Crippen MR) is 133 cm³/mol. The van der Waals surface area contributed by atoms with Crippen LogP contribution in [0.3, 0.4) is 0 Å². The van der Waals surface area contributed by atoms with E-state index in [1.807, 2.05) is 35.2 Å². The van der Waals surface area contributed by atoms with Crippen LogP contribution in [-0.2, 0) is 34.0 Å². The molecular formula is C25H24B3N3O5. The minimum Gasteiger partial charge on any atom is -0.489 e. The van der Waals surface area contributed by atoms with Gasteiger partial charge in [-0.1, -0.05) is 30.3 Å². The SMILES string of the molecule is [B]C1CN(Cc2ccc(COc3cccc4c3CN(C3CCC(=O)NC3=O)C4=O)cc2)C([B])([B])CO1. The van der Waals surface area contributed by atoms with E-state index in [2.05, 4.69) is 5.32 Å². The fourth-order valence-corrected chi connectivity index (χ4v) is 4.80. The number of ether oxygens (including phenoxy) is 2. The maximum atomic E-state index is 13.0. The van der Waals surface area contributed by atoms with Crippen LogP contribution in [-0.4, -0.2) is 81.6 Å². The molecule has 11 heteroatoms. The lowest BCUT2D eigenvalue weighted by Gasteiger charge is -2.46. The quantitative estimate of drug-likeness (QED) is 0.476. The van der Waals surface area contributed by atoms with E-state index < -0.39 is 23.3 Å². The summed E-state index contributed by atoms with van der Waals surface area (Å²) in [5, 5.41) is 1.24. The monoisotopic (exact) mass is 479 g/mol. The molecule has 1 N–H and O–H groups in total. The van der Waals surface area contributed by atoms with Gasteiger partial charge in [-0.05, 0) is 35.0 Å². The molecule has 0 spiro atoms. The Bertz CT molecular complexity index is 1190. The van der Waals surface area contributed by atoms with Crippen molar-refractivity contribution < 1.29 is 23.9 Å². The van der Waals surface area contributed by atoms with Gasteiger partial charge in [0.05, 0.1) is 22.2 Å². The molecule has 3 aliphatic heterocycles. The first kappa shape index (κ1) is 24.7. The van der Waals surface area contributed by atoms with Gasteiger partial charge in [-0.25, -0.2) is 0 Å². The van der Waals surface area contributed by atoms with Crippen LogP contribution in [0.1, 0.15) is 39.9 Å². The van der Waals surface area contributed by atoms with Crippen LogP contribution in [0.5, 0.6) is 5.75 Å². The van der Waals surface area contributed by atoms with Gasteiger partial charge in [0.2, 0.25) is 11.8 Å². The first-order valence-corrected chi connectivity index (χ1v) is 11.9. The highest BCUT2D eigenvalue weighted by Gasteiger charge is 2.40. The molecule has 178 valence electrons. The zero-order valence-corrected chi connectivity index (χ0v) is 19.8. The molecule has 2 atom stereocenters. The fourth-order valence-electron chi connectivity index (χ4n) is 4.80. The van der Waals surface area contributed by atoms with Crippen molar-refractivity contribution in [3.8, 4) is 5.75 Å². The number of nitrogens with one attached hydrogen (secondary N) is 1. The van der Waals surface area contributed by atoms with Gasteiger partial charge < -0.3 is 19.3 Å². The third kappa shape index (κ3) is 4.95. The zero-order chi connectivity index (χ0) is 25.4. The van der Waals surface area contributed by atoms with Crippen molar-refractivity contribution in [2.24, 2.45) is 0 Å². The van der Waals surface area contributed by atoms with Gasteiger partial charge in [0, 0.05) is 43.2 Å². The van der Waals surface area contributed by atoms with Crippen molar-refractivity contribution in [1.29, 1.82) is 0 Å². The lowest BCUT2D eigenvalue weighted by molar-refractivity contribution is -0.136. The Morgan fingerprint density at radius 2 is 1.83 bits per heavy atom. The van der Waals surface area contributed by atoms with E-state index >= 15 is 0 Å². The summed E-state index contributed by atoms with van der Waals surface area (Å²) in [7, 11) is 18.2. The Labute approximate surface area is 213 Å². The van der Waals surface area contributed by atoms with Gasteiger partial charge in [0.15, 0.2) is 0 Å². The largest absolute Gasteiger partial charge is 0.489 e. The minimum atomic E-state index is -1.08. The summed E-state index contributed by atoms with van der Waals surface area (Å²) < 4.78 is 11.4. The summed E-state index contributed by atoms with van der Waals surface area (Å²) in [6, 6.07) is 12.1. The van der Waals surface area contributed by atoms with Gasteiger partial charge in [-0.2, -0.15) is 0 Å². The molecule has 0 aromatic heterocycles. The molecule has 0 bridgehead atoms. The second-order valence-corrected chi connectivity index (χ2v) is 9.51. The molecule has 36 heavy (non-hydrogen) atoms. The van der Waals surface area contributed by atoms with Gasteiger partial charge in [0.1, 0.15) is 26.2 Å². The van der Waals surface area contributed by atoms with E-state index in [4.69, 9.17) is 33.0 Å². The average molecular weight is 479 g/mol. The first-order chi connectivity index (χ1) is 17.2. The number of morpholine rings is 1. The topological polar surface area (TPSA) is 88.2 Å². The third-order valence-electron chi connectivity index (χ3n) is 6.85. The molecular weight excluding hydrogens is 455 g/mol. The highest BCUT2D eigenvalue weighted by atomic mass is 16.5. The summed E-state index contributed by atoms with van der Waals surface area (Å²) in [4.78, 5) is 40.2. The van der Waals surface area contributed by atoms with Crippen molar-refractivity contribution in [1.82, 2.24) is 15.1 Å². The Kier molecular flexibility index (Phi) is 6.70. The molecule has 3 aliphatic rings. The molecule has 2 aromatic carbocycles. The van der Waals surface area contributed by atoms with Crippen LogP contribution in [0.4, 0.5) is 0 Å². The number of amides is 3. The van der Waals surface area contributed by atoms with E-state index in [9.17, 15) is 14.4 Å². The standard InChI is InChI=1S/C25H24B3N3O5/c26-21-12-30(25(27,28)14-36-21)10-15-4-6-16(7-5-15)13-35-20-3-1-2-17-18(20)11-31(24(17)34)19-8-9-22(32)29-23(19)33/h1-7,19,21H,8-14H2,(H,29,32,33). The number of rotatable bonds is 6. The Balaban J connectivity index is 1.23. The van der Waals surface area contributed by atoms with Crippen molar-refractivity contribution >= 4 is 41.3 Å². The molecule has 0 aliphatic carbocycles. The molecule has 3 heterocycles. The number of imide groups is 1. The number of nitrogens with zero attached hydrogens (tertiary/aromatic N) is 2. The maximum Gasteiger partial charge on any atom is 0.255 e. The Morgan fingerprint density at radius 1 is 1.08 bits per heavy atom. The van der Waals surface area contributed by atoms with Crippen LogP contribution in [0, 0.1) is 0 Å². The number of carbonyl (C=O) groups excluding carboxylic acids is 3. The predicted octanol–water partition coefficient (Wildman–Crippen LogP) is 0.344. The first-order valence-electron chi connectivity index (χ1n) is 11.9. The molecule has 2 fully saturated rings. The molecule has 5 rings (SSSR count). The molecule has 2 aromatic rings. The summed E-state index contributed by atoms with van der Waals surface area (Å²) >= 11 is 0. The molecule has 8 nitrogen and oxygen atoms in total. The van der Waals surface area contributed by atoms with Crippen molar-refractivity contribution in [3.63, 3.8) is 0 Å². The van der Waals surface area contributed by atoms with E-state index in [-0.39, 0.29) is 31.4 Å². The molecule has 2 unspecified atom stereocenters. The van der Waals surface area contributed by atoms with Crippen LogP contribution in [0.2, 0.25) is 0 Å². The normalized spacial score (nSPS) is 23.9. The fraction of sp³-hybridized carbons (Fsp3) is 0.400. The van der Waals surface area contributed by atoms with Crippen molar-refractivity contribution in [3.05, 3.63) is 64.7 Å². The Hall–Kier alpha value is -3.04. The van der Waals surface area contributed by atoms with Gasteiger partial charge in [0.25, 0.3) is 5.91 Å². The van der Waals surface area contributed by atoms with Crippen molar-refractivity contribution in [2.45, 2.75) is 49.9 Å². The number of piperidine rings is 1. The number of hydrogen-bond acceptors (Lipinski definition) is 6. The summed E-state index contributed by atoms with van der Waals surface area (Å²) in [6.45, 7) is 1.70. The van der Waals surface area contributed by atoms with Crippen LogP contribution in [0.25, 0.3) is 0 Å². The summed E-state index contributed by atoms with van der Waals surface area (Å²) in [5.74, 6) is -0.379. The van der Waals surface area contributed by atoms with Gasteiger partial charge in [-0.3, -0.25) is 19.7 Å². The van der Waals surface area contributed by atoms with Crippen LogP contribution >= 0.6 is 0 Å². The Morgan fingerprint density at radius 3 is 2.58 bits per heavy atom. The third-order valence-corrected chi connectivity index (χ3v) is 6.85. The molecule has 3 amide bonds. The van der Waals surface area contributed by atoms with Gasteiger partial charge >= 0.3 is 0 Å². The van der Waals surface area contributed by atoms with Crippen LogP contribution in [0.15, 0.2) is 42.5 Å².